The third-order valence-electron chi connectivity index (χ3n) is 4.25. The van der Waals surface area contributed by atoms with Crippen molar-refractivity contribution in [3.63, 3.8) is 0 Å². The third-order valence-corrected chi connectivity index (χ3v) is 4.25. The average Bonchev–Trinajstić information content (AvgIpc) is 2.45. The zero-order valence-electron chi connectivity index (χ0n) is 14.2. The van der Waals surface area contributed by atoms with E-state index < -0.39 is 5.41 Å². The van der Waals surface area contributed by atoms with Gasteiger partial charge in [-0.05, 0) is 19.4 Å². The van der Waals surface area contributed by atoms with E-state index in [0.717, 1.165) is 32.5 Å². The van der Waals surface area contributed by atoms with Crippen LogP contribution in [0.2, 0.25) is 0 Å². The van der Waals surface area contributed by atoms with Gasteiger partial charge in [-0.1, -0.05) is 27.7 Å². The van der Waals surface area contributed by atoms with Gasteiger partial charge in [0, 0.05) is 44.6 Å². The Hall–Kier alpha value is -1.10. The van der Waals surface area contributed by atoms with E-state index in [1.807, 2.05) is 32.7 Å². The number of amides is 2. The molecule has 5 heteroatoms. The lowest BCUT2D eigenvalue weighted by Gasteiger charge is -2.36. The van der Waals surface area contributed by atoms with Crippen LogP contribution in [0.3, 0.4) is 0 Å². The molecule has 1 fully saturated rings. The Labute approximate surface area is 129 Å². The minimum atomic E-state index is -0.401. The van der Waals surface area contributed by atoms with E-state index >= 15 is 0 Å². The van der Waals surface area contributed by atoms with Gasteiger partial charge >= 0.3 is 0 Å². The fourth-order valence-corrected chi connectivity index (χ4v) is 2.55. The fourth-order valence-electron chi connectivity index (χ4n) is 2.55. The summed E-state index contributed by atoms with van der Waals surface area (Å²) in [5.41, 5.74) is -0.401. The maximum Gasteiger partial charge on any atom is 0.225 e. The number of piperidine rings is 1. The van der Waals surface area contributed by atoms with Crippen molar-refractivity contribution in [3.8, 4) is 0 Å². The first-order chi connectivity index (χ1) is 9.75. The molecule has 1 aliphatic rings. The number of nitrogens with zero attached hydrogens (tertiary/aromatic N) is 2. The van der Waals surface area contributed by atoms with Crippen molar-refractivity contribution >= 4 is 11.8 Å². The molecular weight excluding hydrogens is 266 g/mol. The molecule has 5 nitrogen and oxygen atoms in total. The van der Waals surface area contributed by atoms with E-state index in [-0.39, 0.29) is 11.8 Å². The van der Waals surface area contributed by atoms with Gasteiger partial charge in [-0.25, -0.2) is 0 Å². The van der Waals surface area contributed by atoms with Crippen LogP contribution in [0.1, 0.15) is 47.0 Å². The molecule has 1 saturated heterocycles. The molecule has 0 atom stereocenters. The van der Waals surface area contributed by atoms with Crippen molar-refractivity contribution in [1.82, 2.24) is 15.1 Å². The quantitative estimate of drug-likeness (QED) is 0.836. The summed E-state index contributed by atoms with van der Waals surface area (Å²) in [6, 6.07) is 0.346. The Kier molecular flexibility index (Phi) is 6.65. The van der Waals surface area contributed by atoms with Gasteiger partial charge in [0.15, 0.2) is 0 Å². The molecule has 1 N–H and O–H groups in total. The Morgan fingerprint density at radius 3 is 2.29 bits per heavy atom. The lowest BCUT2D eigenvalue weighted by molar-refractivity contribution is -0.133. The van der Waals surface area contributed by atoms with E-state index in [4.69, 9.17) is 0 Å². The lowest BCUT2D eigenvalue weighted by atomic mass is 9.96. The molecule has 21 heavy (non-hydrogen) atoms. The summed E-state index contributed by atoms with van der Waals surface area (Å²) in [7, 11) is 1.89. The SMILES string of the molecule is CCN1CCC(N(C)C(=O)CCNC(=O)C(C)(C)C)CC1. The topological polar surface area (TPSA) is 52.6 Å². The predicted octanol–water partition coefficient (Wildman–Crippen LogP) is 1.48. The van der Waals surface area contributed by atoms with E-state index in [1.54, 1.807) is 0 Å². The van der Waals surface area contributed by atoms with Gasteiger partial charge in [0.1, 0.15) is 0 Å². The highest BCUT2D eigenvalue weighted by atomic mass is 16.2. The third kappa shape index (κ3) is 5.65. The van der Waals surface area contributed by atoms with Gasteiger partial charge in [-0.3, -0.25) is 9.59 Å². The molecule has 0 bridgehead atoms. The molecule has 1 aliphatic heterocycles. The summed E-state index contributed by atoms with van der Waals surface area (Å²) >= 11 is 0. The minimum absolute atomic E-state index is 0.00536. The number of rotatable bonds is 5. The van der Waals surface area contributed by atoms with Gasteiger partial charge < -0.3 is 15.1 Å². The molecule has 0 radical (unpaired) electrons. The maximum absolute atomic E-state index is 12.2. The molecule has 2 amide bonds. The number of hydrogen-bond donors (Lipinski definition) is 1. The zero-order valence-corrected chi connectivity index (χ0v) is 14.2. The second-order valence-electron chi connectivity index (χ2n) is 6.93. The smallest absolute Gasteiger partial charge is 0.225 e. The lowest BCUT2D eigenvalue weighted by Crippen LogP contribution is -2.46. The Balaban J connectivity index is 2.30. The van der Waals surface area contributed by atoms with Crippen LogP contribution in [0.15, 0.2) is 0 Å². The maximum atomic E-state index is 12.2. The van der Waals surface area contributed by atoms with Crippen LogP contribution in [0.4, 0.5) is 0 Å². The molecule has 0 aromatic rings. The van der Waals surface area contributed by atoms with Crippen LogP contribution in [0.25, 0.3) is 0 Å². The number of hydrogen-bond acceptors (Lipinski definition) is 3. The van der Waals surface area contributed by atoms with Crippen LogP contribution < -0.4 is 5.32 Å². The van der Waals surface area contributed by atoms with Crippen molar-refractivity contribution < 1.29 is 9.59 Å². The molecule has 122 valence electrons. The van der Waals surface area contributed by atoms with Crippen molar-refractivity contribution in [1.29, 1.82) is 0 Å². The van der Waals surface area contributed by atoms with E-state index in [1.165, 1.54) is 0 Å². The first-order valence-corrected chi connectivity index (χ1v) is 8.02. The predicted molar refractivity (Wildman–Crippen MR) is 85.0 cm³/mol. The second kappa shape index (κ2) is 7.78. The van der Waals surface area contributed by atoms with Crippen LogP contribution in [0.5, 0.6) is 0 Å². The summed E-state index contributed by atoms with van der Waals surface area (Å²) in [4.78, 5) is 28.2. The molecule has 1 heterocycles. The summed E-state index contributed by atoms with van der Waals surface area (Å²) in [6.45, 7) is 11.4. The second-order valence-corrected chi connectivity index (χ2v) is 6.93. The minimum Gasteiger partial charge on any atom is -0.355 e. The Morgan fingerprint density at radius 1 is 1.24 bits per heavy atom. The Bertz CT molecular complexity index is 355. The highest BCUT2D eigenvalue weighted by molar-refractivity contribution is 5.82. The standard InChI is InChI=1S/C16H31N3O2/c1-6-19-11-8-13(9-12-19)18(5)14(20)7-10-17-15(21)16(2,3)4/h13H,6-12H2,1-5H3,(H,17,21). The summed E-state index contributed by atoms with van der Waals surface area (Å²) < 4.78 is 0. The van der Waals surface area contributed by atoms with Crippen LogP contribution in [-0.2, 0) is 9.59 Å². The normalized spacial score (nSPS) is 17.6. The average molecular weight is 297 g/mol. The highest BCUT2D eigenvalue weighted by Crippen LogP contribution is 2.16. The molecule has 0 aliphatic carbocycles. The molecular formula is C16H31N3O2. The number of carbonyl (C=O) groups excluding carboxylic acids is 2. The molecule has 0 saturated carbocycles. The first-order valence-electron chi connectivity index (χ1n) is 8.02. The number of likely N-dealkylation sites (tertiary alicyclic amines) is 1. The largest absolute Gasteiger partial charge is 0.355 e. The molecule has 0 unspecified atom stereocenters. The van der Waals surface area contributed by atoms with Gasteiger partial charge in [0.2, 0.25) is 11.8 Å². The van der Waals surface area contributed by atoms with E-state index in [9.17, 15) is 9.59 Å². The van der Waals surface area contributed by atoms with Crippen LogP contribution in [-0.4, -0.2) is 60.9 Å². The molecule has 0 aromatic carbocycles. The molecule has 0 aromatic heterocycles. The fraction of sp³-hybridized carbons (Fsp3) is 0.875. The van der Waals surface area contributed by atoms with Crippen LogP contribution >= 0.6 is 0 Å². The summed E-state index contributed by atoms with van der Waals surface area (Å²) in [5.74, 6) is 0.119. The summed E-state index contributed by atoms with van der Waals surface area (Å²) in [6.07, 6.45) is 2.47. The first kappa shape index (κ1) is 18.0. The van der Waals surface area contributed by atoms with Crippen molar-refractivity contribution in [2.45, 2.75) is 53.0 Å². The zero-order chi connectivity index (χ0) is 16.0. The molecule has 0 spiro atoms. The van der Waals surface area contributed by atoms with Gasteiger partial charge in [-0.2, -0.15) is 0 Å². The van der Waals surface area contributed by atoms with Crippen molar-refractivity contribution in [2.75, 3.05) is 33.2 Å². The van der Waals surface area contributed by atoms with Crippen molar-refractivity contribution in [2.24, 2.45) is 5.41 Å². The number of nitrogens with one attached hydrogen (secondary N) is 1. The monoisotopic (exact) mass is 297 g/mol. The van der Waals surface area contributed by atoms with Gasteiger partial charge in [0.25, 0.3) is 0 Å². The van der Waals surface area contributed by atoms with Gasteiger partial charge in [0.05, 0.1) is 0 Å². The van der Waals surface area contributed by atoms with Gasteiger partial charge in [-0.15, -0.1) is 0 Å². The van der Waals surface area contributed by atoms with Crippen LogP contribution in [0, 0.1) is 5.41 Å². The highest BCUT2D eigenvalue weighted by Gasteiger charge is 2.25. The van der Waals surface area contributed by atoms with E-state index in [2.05, 4.69) is 17.1 Å². The van der Waals surface area contributed by atoms with Crippen molar-refractivity contribution in [3.05, 3.63) is 0 Å². The van der Waals surface area contributed by atoms with E-state index in [0.29, 0.717) is 19.0 Å². The Morgan fingerprint density at radius 2 is 1.81 bits per heavy atom. The summed E-state index contributed by atoms with van der Waals surface area (Å²) in [5, 5.41) is 2.83. The molecule has 1 rings (SSSR count). The number of carbonyl (C=O) groups is 2.